The molecule has 0 bridgehead atoms. The van der Waals surface area contributed by atoms with Gasteiger partial charge in [0.2, 0.25) is 0 Å². The van der Waals surface area contributed by atoms with Gasteiger partial charge in [-0.3, -0.25) is 14.7 Å². The van der Waals surface area contributed by atoms with Gasteiger partial charge < -0.3 is 20.3 Å². The van der Waals surface area contributed by atoms with Gasteiger partial charge in [-0.05, 0) is 63.1 Å². The van der Waals surface area contributed by atoms with Crippen LogP contribution in [-0.2, 0) is 4.74 Å². The Hall–Kier alpha value is -3.75. The Balaban J connectivity index is 0.00000301. The van der Waals surface area contributed by atoms with E-state index < -0.39 is 0 Å². The van der Waals surface area contributed by atoms with Crippen molar-refractivity contribution in [3.63, 3.8) is 0 Å². The number of nitrogens with one attached hydrogen (secondary N) is 2. The van der Waals surface area contributed by atoms with E-state index in [9.17, 15) is 9.18 Å². The Morgan fingerprint density at radius 3 is 2.60 bits per heavy atom. The summed E-state index contributed by atoms with van der Waals surface area (Å²) in [6.07, 6.45) is 12.7. The number of pyridine rings is 1. The normalized spacial score (nSPS) is 15.0. The van der Waals surface area contributed by atoms with Crippen molar-refractivity contribution >= 4 is 23.2 Å². The molecule has 42 heavy (non-hydrogen) atoms. The third kappa shape index (κ3) is 9.96. The summed E-state index contributed by atoms with van der Waals surface area (Å²) in [4.78, 5) is 20.4. The van der Waals surface area contributed by atoms with Gasteiger partial charge in [-0.1, -0.05) is 37.6 Å². The van der Waals surface area contributed by atoms with Crippen LogP contribution in [-0.4, -0.2) is 74.7 Å². The average molecular weight is 578 g/mol. The third-order valence-electron chi connectivity index (χ3n) is 6.89. The lowest BCUT2D eigenvalue weighted by molar-refractivity contribution is 0.0827. The zero-order valence-corrected chi connectivity index (χ0v) is 26.7. The van der Waals surface area contributed by atoms with E-state index in [2.05, 4.69) is 39.6 Å². The second kappa shape index (κ2) is 17.3. The quantitative estimate of drug-likeness (QED) is 0.297. The summed E-state index contributed by atoms with van der Waals surface area (Å²) in [5.74, 6) is -0.554. The van der Waals surface area contributed by atoms with E-state index >= 15 is 0 Å². The highest BCUT2D eigenvalue weighted by Crippen LogP contribution is 2.27. The van der Waals surface area contributed by atoms with Crippen LogP contribution in [0.4, 0.5) is 10.1 Å². The molecule has 0 fully saturated rings. The van der Waals surface area contributed by atoms with Crippen LogP contribution in [0.25, 0.3) is 11.6 Å². The fraction of sp³-hybridized carbons (Fsp3) is 0.412. The number of rotatable bonds is 11. The number of hydrogen-bond donors (Lipinski definition) is 2. The van der Waals surface area contributed by atoms with Crippen LogP contribution in [0, 0.1) is 12.7 Å². The van der Waals surface area contributed by atoms with E-state index in [1.165, 1.54) is 16.5 Å². The molecule has 3 rings (SSSR count). The Bertz CT molecular complexity index is 1310. The smallest absolute Gasteiger partial charge is 0.253 e. The topological polar surface area (TPSA) is 69.7 Å². The molecule has 1 aromatic carbocycles. The van der Waals surface area contributed by atoms with E-state index in [0.29, 0.717) is 11.1 Å². The molecule has 1 atom stereocenters. The van der Waals surface area contributed by atoms with Gasteiger partial charge in [-0.2, -0.15) is 0 Å². The lowest BCUT2D eigenvalue weighted by atomic mass is 9.97. The number of nitrogens with zero attached hydrogens (tertiary/aromatic N) is 3. The number of carbonyl (C=O) groups is 1. The fourth-order valence-corrected chi connectivity index (χ4v) is 4.56. The van der Waals surface area contributed by atoms with Gasteiger partial charge in [-0.15, -0.1) is 0 Å². The highest BCUT2D eigenvalue weighted by Gasteiger charge is 2.18. The Morgan fingerprint density at radius 1 is 1.26 bits per heavy atom. The maximum atomic E-state index is 14.8. The van der Waals surface area contributed by atoms with Gasteiger partial charge in [0.15, 0.2) is 0 Å². The predicted octanol–water partition coefficient (Wildman–Crippen LogP) is 6.51. The van der Waals surface area contributed by atoms with Crippen LogP contribution in [0.15, 0.2) is 66.2 Å². The molecule has 2 N–H and O–H groups in total. The van der Waals surface area contributed by atoms with Gasteiger partial charge >= 0.3 is 0 Å². The number of carbonyl (C=O) groups excluding carboxylic acids is 1. The molecule has 2 heterocycles. The summed E-state index contributed by atoms with van der Waals surface area (Å²) >= 11 is 0. The van der Waals surface area contributed by atoms with Crippen LogP contribution in [0.2, 0.25) is 0 Å². The number of ether oxygens (including phenoxy) is 1. The molecule has 1 aromatic heterocycles. The molecule has 8 heteroatoms. The summed E-state index contributed by atoms with van der Waals surface area (Å²) < 4.78 is 20.2. The lowest BCUT2D eigenvalue weighted by Crippen LogP contribution is -2.30. The molecule has 1 amide bonds. The second-order valence-electron chi connectivity index (χ2n) is 10.2. The number of halogens is 1. The molecule has 0 saturated carbocycles. The highest BCUT2D eigenvalue weighted by molar-refractivity contribution is 5.94. The number of amides is 1. The number of benzene rings is 1. The van der Waals surface area contributed by atoms with Crippen molar-refractivity contribution in [2.75, 3.05) is 53.2 Å². The first-order valence-electron chi connectivity index (χ1n) is 14.5. The summed E-state index contributed by atoms with van der Waals surface area (Å²) in [5.41, 5.74) is 7.06. The van der Waals surface area contributed by atoms with E-state index in [-0.39, 0.29) is 17.8 Å². The van der Waals surface area contributed by atoms with Crippen LogP contribution < -0.4 is 10.6 Å². The van der Waals surface area contributed by atoms with Gasteiger partial charge in [0, 0.05) is 94.1 Å². The van der Waals surface area contributed by atoms with Crippen molar-refractivity contribution in [2.24, 2.45) is 0 Å². The molecule has 7 nitrogen and oxygen atoms in total. The van der Waals surface area contributed by atoms with Crippen molar-refractivity contribution in [2.45, 2.75) is 47.1 Å². The molecular weight excluding hydrogens is 529 g/mol. The minimum Gasteiger partial charge on any atom is -0.388 e. The minimum atomic E-state index is -0.352. The fourth-order valence-electron chi connectivity index (χ4n) is 4.56. The molecule has 0 saturated heterocycles. The average Bonchev–Trinajstić information content (AvgIpc) is 2.99. The summed E-state index contributed by atoms with van der Waals surface area (Å²) in [6, 6.07) is 6.73. The summed E-state index contributed by atoms with van der Waals surface area (Å²) in [5, 5.41) is 6.56. The number of aryl methyl sites for hydroxylation is 1. The zero-order valence-electron chi connectivity index (χ0n) is 26.7. The molecule has 2 aromatic rings. The summed E-state index contributed by atoms with van der Waals surface area (Å²) in [6.45, 7) is 12.5. The molecule has 0 aliphatic carbocycles. The number of aromatic nitrogens is 1. The number of likely N-dealkylation sites (N-methyl/N-ethyl adjacent to an activating group) is 1. The van der Waals surface area contributed by atoms with Crippen molar-refractivity contribution < 1.29 is 13.9 Å². The zero-order chi connectivity index (χ0) is 31.2. The molecule has 228 valence electrons. The molecule has 0 radical (unpaired) electrons. The summed E-state index contributed by atoms with van der Waals surface area (Å²) in [7, 11) is 6.89. The molecule has 1 aliphatic heterocycles. The first-order valence-corrected chi connectivity index (χ1v) is 14.5. The highest BCUT2D eigenvalue weighted by atomic mass is 19.1. The van der Waals surface area contributed by atoms with Crippen molar-refractivity contribution in [3.05, 3.63) is 94.4 Å². The second-order valence-corrected chi connectivity index (χ2v) is 10.2. The molecule has 1 unspecified atom stereocenters. The molecular formula is C34H48FN5O2. The number of methoxy groups -OCH3 is 1. The number of allylic oxidation sites excluding steroid dienone is 1. The van der Waals surface area contributed by atoms with E-state index in [1.807, 2.05) is 59.2 Å². The van der Waals surface area contributed by atoms with Crippen molar-refractivity contribution in [1.82, 2.24) is 20.1 Å². The van der Waals surface area contributed by atoms with Gasteiger partial charge in [0.25, 0.3) is 5.91 Å². The first kappa shape index (κ1) is 34.5. The minimum absolute atomic E-state index is 0.00968. The Labute approximate surface area is 251 Å². The Kier molecular flexibility index (Phi) is 14.2. The monoisotopic (exact) mass is 577 g/mol. The van der Waals surface area contributed by atoms with Crippen molar-refractivity contribution in [3.8, 4) is 0 Å². The van der Waals surface area contributed by atoms with Crippen LogP contribution in [0.5, 0.6) is 0 Å². The van der Waals surface area contributed by atoms with Gasteiger partial charge in [-0.25, -0.2) is 4.39 Å². The maximum Gasteiger partial charge on any atom is 0.253 e. The number of hydrogen-bond acceptors (Lipinski definition) is 6. The maximum absolute atomic E-state index is 14.8. The first-order chi connectivity index (χ1) is 20.1. The molecule has 1 aliphatic rings. The third-order valence-corrected chi connectivity index (χ3v) is 6.89. The predicted molar refractivity (Wildman–Crippen MR) is 174 cm³/mol. The van der Waals surface area contributed by atoms with E-state index in [1.54, 1.807) is 39.5 Å². The van der Waals surface area contributed by atoms with E-state index in [0.717, 1.165) is 54.3 Å². The SMILES string of the molecule is CC.CNC(/C=C\Nc1ccnc(C)c1/C=C(\C)CN1CC=C(c2ccc(C(=O)N(C)C)cc2F)CC1)=C/C(C)OC. The van der Waals surface area contributed by atoms with Crippen LogP contribution in [0.1, 0.15) is 61.3 Å². The van der Waals surface area contributed by atoms with Crippen LogP contribution in [0.3, 0.4) is 0 Å². The van der Waals surface area contributed by atoms with Crippen molar-refractivity contribution in [1.29, 1.82) is 0 Å². The molecule has 0 spiro atoms. The van der Waals surface area contributed by atoms with Gasteiger partial charge in [0.05, 0.1) is 6.10 Å². The van der Waals surface area contributed by atoms with E-state index in [4.69, 9.17) is 4.74 Å². The van der Waals surface area contributed by atoms with Crippen LogP contribution >= 0.6 is 0 Å². The number of anilines is 1. The van der Waals surface area contributed by atoms with Gasteiger partial charge in [0.1, 0.15) is 5.82 Å². The Morgan fingerprint density at radius 2 is 2.00 bits per heavy atom. The largest absolute Gasteiger partial charge is 0.388 e. The lowest BCUT2D eigenvalue weighted by Gasteiger charge is -2.27. The standard InChI is InChI=1S/C32H42FN5O2.C2H6/c1-22(18-29-24(3)35-15-11-31(29)36-14-10-27(34-4)19-23(2)40-7)21-38-16-12-25(13-17-38)28-9-8-26(20-30(28)33)32(39)37(5)6;1-2/h8-12,14-15,18-20,23,34H,13,16-17,21H2,1-7H3,(H,35,36);1-2H3/b14-10-,22-18+,27-19+;.